The summed E-state index contributed by atoms with van der Waals surface area (Å²) in [7, 11) is 0. The van der Waals surface area contributed by atoms with Crippen LogP contribution in [0.4, 0.5) is 9.18 Å². The molecule has 2 saturated heterocycles. The van der Waals surface area contributed by atoms with Gasteiger partial charge in [0.15, 0.2) is 0 Å². The van der Waals surface area contributed by atoms with E-state index in [-0.39, 0.29) is 25.8 Å². The summed E-state index contributed by atoms with van der Waals surface area (Å²) >= 11 is 0. The van der Waals surface area contributed by atoms with Gasteiger partial charge in [-0.25, -0.2) is 14.0 Å². The Hall–Kier alpha value is -2.19. The molecule has 0 aromatic heterocycles. The van der Waals surface area contributed by atoms with Crippen LogP contribution in [0.2, 0.25) is 0 Å². The molecule has 0 saturated carbocycles. The first-order valence-corrected chi connectivity index (χ1v) is 7.30. The van der Waals surface area contributed by atoms with Gasteiger partial charge in [-0.3, -0.25) is 14.5 Å². The van der Waals surface area contributed by atoms with Crippen LogP contribution in [0.15, 0.2) is 0 Å². The molecule has 2 atom stereocenters. The first kappa shape index (κ1) is 17.2. The SMILES string of the molecule is CC(C)(C)OC(=O)N1C[C@H](F)C[C@H]1C(=O)ON1C(=O)CCC1=O. The number of carbonyl (C=O) groups is 4. The number of halogens is 1. The van der Waals surface area contributed by atoms with Crippen LogP contribution in [0.1, 0.15) is 40.0 Å². The van der Waals surface area contributed by atoms with Gasteiger partial charge >= 0.3 is 12.1 Å². The summed E-state index contributed by atoms with van der Waals surface area (Å²) in [5.74, 6) is -2.30. The molecule has 0 aromatic carbocycles. The molecule has 0 bridgehead atoms. The lowest BCUT2D eigenvalue weighted by atomic mass is 10.2. The molecule has 2 aliphatic rings. The van der Waals surface area contributed by atoms with Gasteiger partial charge < -0.3 is 9.57 Å². The van der Waals surface area contributed by atoms with Crippen molar-refractivity contribution in [1.29, 1.82) is 0 Å². The van der Waals surface area contributed by atoms with Crippen molar-refractivity contribution in [2.75, 3.05) is 6.54 Å². The Bertz CT molecular complexity index is 528. The zero-order chi connectivity index (χ0) is 17.4. The van der Waals surface area contributed by atoms with Gasteiger partial charge in [0.2, 0.25) is 0 Å². The van der Waals surface area contributed by atoms with E-state index in [4.69, 9.17) is 9.57 Å². The fraction of sp³-hybridized carbons (Fsp3) is 0.714. The molecule has 9 heteroatoms. The zero-order valence-corrected chi connectivity index (χ0v) is 13.2. The highest BCUT2D eigenvalue weighted by Crippen LogP contribution is 2.25. The average Bonchev–Trinajstić information content (AvgIpc) is 2.94. The number of hydrogen-bond donors (Lipinski definition) is 0. The van der Waals surface area contributed by atoms with Crippen LogP contribution < -0.4 is 0 Å². The van der Waals surface area contributed by atoms with Gasteiger partial charge in [-0.2, -0.15) is 0 Å². The molecular weight excluding hydrogens is 311 g/mol. The topological polar surface area (TPSA) is 93.2 Å². The van der Waals surface area contributed by atoms with Gasteiger partial charge in [0.25, 0.3) is 11.8 Å². The summed E-state index contributed by atoms with van der Waals surface area (Å²) in [6.07, 6.45) is -2.62. The van der Waals surface area contributed by atoms with Crippen LogP contribution in [0.25, 0.3) is 0 Å². The molecule has 0 aromatic rings. The smallest absolute Gasteiger partial charge is 0.411 e. The summed E-state index contributed by atoms with van der Waals surface area (Å²) in [6.45, 7) is 4.62. The van der Waals surface area contributed by atoms with Crippen molar-refractivity contribution >= 4 is 23.9 Å². The lowest BCUT2D eigenvalue weighted by Gasteiger charge is -2.27. The minimum Gasteiger partial charge on any atom is -0.444 e. The maximum Gasteiger partial charge on any atom is 0.411 e. The van der Waals surface area contributed by atoms with E-state index in [2.05, 4.69) is 0 Å². The molecule has 0 N–H and O–H groups in total. The second kappa shape index (κ2) is 6.13. The summed E-state index contributed by atoms with van der Waals surface area (Å²) in [5, 5.41) is 0.376. The van der Waals surface area contributed by atoms with Crippen LogP contribution in [0, 0.1) is 0 Å². The maximum atomic E-state index is 13.6. The second-order valence-corrected chi connectivity index (χ2v) is 6.47. The lowest BCUT2D eigenvalue weighted by molar-refractivity contribution is -0.200. The first-order chi connectivity index (χ1) is 10.6. The van der Waals surface area contributed by atoms with E-state index in [1.54, 1.807) is 20.8 Å². The highest BCUT2D eigenvalue weighted by atomic mass is 19.1. The van der Waals surface area contributed by atoms with Crippen molar-refractivity contribution in [3.05, 3.63) is 0 Å². The van der Waals surface area contributed by atoms with Crippen molar-refractivity contribution in [2.24, 2.45) is 0 Å². The molecule has 23 heavy (non-hydrogen) atoms. The third-order valence-electron chi connectivity index (χ3n) is 3.34. The minimum atomic E-state index is -1.41. The molecule has 2 fully saturated rings. The molecule has 0 radical (unpaired) electrons. The molecule has 2 rings (SSSR count). The fourth-order valence-corrected chi connectivity index (χ4v) is 2.34. The number of likely N-dealkylation sites (tertiary alicyclic amines) is 1. The molecular formula is C14H19FN2O6. The van der Waals surface area contributed by atoms with Gasteiger partial charge in [0.1, 0.15) is 17.8 Å². The Morgan fingerprint density at radius 2 is 1.74 bits per heavy atom. The standard InChI is InChI=1S/C14H19FN2O6/c1-14(2,3)22-13(21)16-7-8(15)6-9(16)12(20)23-17-10(18)4-5-11(17)19/h8-9H,4-7H2,1-3H3/t8-,9+/m1/s1. The molecule has 0 unspecified atom stereocenters. The predicted molar refractivity (Wildman–Crippen MR) is 73.4 cm³/mol. The number of carbonyl (C=O) groups excluding carboxylic acids is 4. The van der Waals surface area contributed by atoms with Gasteiger partial charge in [0.05, 0.1) is 6.54 Å². The van der Waals surface area contributed by atoms with E-state index in [0.717, 1.165) is 4.90 Å². The number of amides is 3. The van der Waals surface area contributed by atoms with Crippen molar-refractivity contribution in [3.63, 3.8) is 0 Å². The monoisotopic (exact) mass is 330 g/mol. The van der Waals surface area contributed by atoms with Crippen molar-refractivity contribution in [1.82, 2.24) is 9.96 Å². The summed E-state index contributed by atoms with van der Waals surface area (Å²) in [5.41, 5.74) is -0.805. The summed E-state index contributed by atoms with van der Waals surface area (Å²) in [6, 6.07) is -1.24. The minimum absolute atomic E-state index is 0.0434. The van der Waals surface area contributed by atoms with Crippen LogP contribution >= 0.6 is 0 Å². The highest BCUT2D eigenvalue weighted by molar-refractivity contribution is 6.01. The van der Waals surface area contributed by atoms with E-state index >= 15 is 0 Å². The van der Waals surface area contributed by atoms with Crippen molar-refractivity contribution in [3.8, 4) is 0 Å². The molecule has 2 heterocycles. The number of rotatable bonds is 2. The van der Waals surface area contributed by atoms with E-state index in [1.807, 2.05) is 0 Å². The summed E-state index contributed by atoms with van der Waals surface area (Å²) < 4.78 is 18.8. The quantitative estimate of drug-likeness (QED) is 0.700. The molecule has 0 spiro atoms. The number of hydrogen-bond acceptors (Lipinski definition) is 6. The van der Waals surface area contributed by atoms with Gasteiger partial charge in [-0.15, -0.1) is 5.06 Å². The number of imide groups is 1. The van der Waals surface area contributed by atoms with Crippen LogP contribution in [-0.4, -0.2) is 58.2 Å². The Morgan fingerprint density at radius 1 is 1.17 bits per heavy atom. The van der Waals surface area contributed by atoms with E-state index in [1.165, 1.54) is 0 Å². The number of ether oxygens (including phenoxy) is 1. The third-order valence-corrected chi connectivity index (χ3v) is 3.34. The van der Waals surface area contributed by atoms with Gasteiger partial charge in [-0.05, 0) is 20.8 Å². The Kier molecular flexibility index (Phi) is 4.58. The summed E-state index contributed by atoms with van der Waals surface area (Å²) in [4.78, 5) is 52.8. The number of hydroxylamine groups is 2. The van der Waals surface area contributed by atoms with Crippen LogP contribution in [0.5, 0.6) is 0 Å². The van der Waals surface area contributed by atoms with Crippen LogP contribution in [0.3, 0.4) is 0 Å². The first-order valence-electron chi connectivity index (χ1n) is 7.30. The van der Waals surface area contributed by atoms with Crippen molar-refractivity contribution in [2.45, 2.75) is 57.8 Å². The number of alkyl halides is 1. The molecule has 0 aliphatic carbocycles. The Balaban J connectivity index is 2.06. The number of nitrogens with zero attached hydrogens (tertiary/aromatic N) is 2. The largest absolute Gasteiger partial charge is 0.444 e. The lowest BCUT2D eigenvalue weighted by Crippen LogP contribution is -2.46. The third kappa shape index (κ3) is 3.96. The Labute approximate surface area is 132 Å². The second-order valence-electron chi connectivity index (χ2n) is 6.47. The highest BCUT2D eigenvalue weighted by Gasteiger charge is 2.45. The van der Waals surface area contributed by atoms with E-state index in [0.29, 0.717) is 5.06 Å². The maximum absolute atomic E-state index is 13.6. The molecule has 2 aliphatic heterocycles. The van der Waals surface area contributed by atoms with Crippen molar-refractivity contribution < 1.29 is 33.1 Å². The van der Waals surface area contributed by atoms with E-state index in [9.17, 15) is 23.6 Å². The normalized spacial score (nSPS) is 25.0. The van der Waals surface area contributed by atoms with Gasteiger partial charge in [-0.1, -0.05) is 0 Å². The Morgan fingerprint density at radius 3 is 2.26 bits per heavy atom. The molecule has 8 nitrogen and oxygen atoms in total. The van der Waals surface area contributed by atoms with Crippen LogP contribution in [-0.2, 0) is 24.0 Å². The fourth-order valence-electron chi connectivity index (χ4n) is 2.34. The molecule has 3 amide bonds. The molecule has 128 valence electrons. The zero-order valence-electron chi connectivity index (χ0n) is 13.2. The average molecular weight is 330 g/mol. The predicted octanol–water partition coefficient (Wildman–Crippen LogP) is 0.941. The van der Waals surface area contributed by atoms with Gasteiger partial charge in [0, 0.05) is 19.3 Å². The van der Waals surface area contributed by atoms with E-state index < -0.39 is 41.7 Å².